The molecule has 1 unspecified atom stereocenters. The van der Waals surface area contributed by atoms with E-state index in [0.29, 0.717) is 0 Å². The van der Waals surface area contributed by atoms with Gasteiger partial charge in [-0.1, -0.05) is 0 Å². The minimum atomic E-state index is 0.00463. The maximum absolute atomic E-state index is 11.3. The van der Waals surface area contributed by atoms with E-state index in [1.807, 2.05) is 20.3 Å². The summed E-state index contributed by atoms with van der Waals surface area (Å²) in [5, 5.41) is 0. The van der Waals surface area contributed by atoms with E-state index in [0.717, 1.165) is 44.5 Å². The lowest BCUT2D eigenvalue weighted by atomic mass is 10.1. The Hall–Kier alpha value is -1.20. The predicted octanol–water partition coefficient (Wildman–Crippen LogP) is 1.07. The van der Waals surface area contributed by atoms with Crippen molar-refractivity contribution in [1.82, 2.24) is 19.8 Å². The van der Waals surface area contributed by atoms with E-state index in [4.69, 9.17) is 0 Å². The monoisotopic (exact) mass is 250 g/mol. The molecule has 1 aromatic rings. The van der Waals surface area contributed by atoms with Crippen LogP contribution in [0.3, 0.4) is 0 Å². The first kappa shape index (κ1) is 13.2. The average Bonchev–Trinajstić information content (AvgIpc) is 2.99. The van der Waals surface area contributed by atoms with Crippen LogP contribution in [0.2, 0.25) is 0 Å². The second-order valence-electron chi connectivity index (χ2n) is 5.17. The number of carbonyl (C=O) groups excluding carboxylic acids is 1. The molecule has 100 valence electrons. The number of rotatable bonds is 6. The van der Waals surface area contributed by atoms with Crippen LogP contribution in [0.1, 0.15) is 31.1 Å². The van der Waals surface area contributed by atoms with Crippen LogP contribution < -0.4 is 0 Å². The Morgan fingerprint density at radius 2 is 2.50 bits per heavy atom. The van der Waals surface area contributed by atoms with Crippen LogP contribution in [0.25, 0.3) is 0 Å². The van der Waals surface area contributed by atoms with Gasteiger partial charge in [-0.25, -0.2) is 4.98 Å². The maximum Gasteiger partial charge on any atom is 0.137 e. The number of carbonyl (C=O) groups is 1. The van der Waals surface area contributed by atoms with Crippen molar-refractivity contribution < 1.29 is 4.79 Å². The molecule has 5 heteroatoms. The number of H-pyrrole nitrogens is 1. The molecule has 0 amide bonds. The number of aromatic nitrogens is 2. The fraction of sp³-hybridized carbons (Fsp3) is 0.692. The van der Waals surface area contributed by atoms with Gasteiger partial charge in [0.05, 0.1) is 12.1 Å². The van der Waals surface area contributed by atoms with Crippen LogP contribution in [0.5, 0.6) is 0 Å². The second kappa shape index (κ2) is 6.11. The zero-order chi connectivity index (χ0) is 13.0. The Bertz CT molecular complexity index is 363. The summed E-state index contributed by atoms with van der Waals surface area (Å²) >= 11 is 0. The zero-order valence-electron chi connectivity index (χ0n) is 11.2. The third-order valence-corrected chi connectivity index (χ3v) is 3.58. The highest BCUT2D eigenvalue weighted by Gasteiger charge is 2.32. The molecular formula is C13H22N4O. The lowest BCUT2D eigenvalue weighted by Gasteiger charge is -2.29. The number of imidazole rings is 1. The SMILES string of the molecule is CN(C)CC[C@@H](C=O)N1CCCC1c1ncc[nH]1. The average molecular weight is 250 g/mol. The van der Waals surface area contributed by atoms with E-state index < -0.39 is 0 Å². The van der Waals surface area contributed by atoms with Crippen LogP contribution in [0.15, 0.2) is 12.4 Å². The van der Waals surface area contributed by atoms with E-state index >= 15 is 0 Å². The quantitative estimate of drug-likeness (QED) is 0.767. The van der Waals surface area contributed by atoms with Crippen molar-refractivity contribution in [3.63, 3.8) is 0 Å². The molecule has 0 aromatic carbocycles. The zero-order valence-corrected chi connectivity index (χ0v) is 11.2. The third kappa shape index (κ3) is 2.97. The van der Waals surface area contributed by atoms with E-state index in [-0.39, 0.29) is 12.1 Å². The van der Waals surface area contributed by atoms with Crippen molar-refractivity contribution in [2.45, 2.75) is 31.3 Å². The molecule has 2 atom stereocenters. The first-order valence-electron chi connectivity index (χ1n) is 6.57. The molecule has 2 rings (SSSR count). The number of aromatic amines is 1. The highest BCUT2D eigenvalue weighted by Crippen LogP contribution is 2.31. The Morgan fingerprint density at radius 1 is 1.67 bits per heavy atom. The summed E-state index contributed by atoms with van der Waals surface area (Å²) in [7, 11) is 4.08. The topological polar surface area (TPSA) is 52.2 Å². The van der Waals surface area contributed by atoms with E-state index in [1.54, 1.807) is 6.20 Å². The summed E-state index contributed by atoms with van der Waals surface area (Å²) in [5.74, 6) is 0.990. The normalized spacial score (nSPS) is 22.5. The molecule has 2 heterocycles. The number of hydrogen-bond acceptors (Lipinski definition) is 4. The molecule has 0 saturated carbocycles. The fourth-order valence-electron chi connectivity index (χ4n) is 2.64. The van der Waals surface area contributed by atoms with Crippen molar-refractivity contribution in [3.8, 4) is 0 Å². The van der Waals surface area contributed by atoms with Crippen LogP contribution >= 0.6 is 0 Å². The third-order valence-electron chi connectivity index (χ3n) is 3.58. The molecule has 18 heavy (non-hydrogen) atoms. The van der Waals surface area contributed by atoms with Crippen molar-refractivity contribution in [1.29, 1.82) is 0 Å². The summed E-state index contributed by atoms with van der Waals surface area (Å²) in [4.78, 5) is 23.2. The number of aldehydes is 1. The minimum absolute atomic E-state index is 0.00463. The summed E-state index contributed by atoms with van der Waals surface area (Å²) in [6.45, 7) is 1.92. The lowest BCUT2D eigenvalue weighted by Crippen LogP contribution is -2.38. The number of nitrogens with zero attached hydrogens (tertiary/aromatic N) is 3. The van der Waals surface area contributed by atoms with Gasteiger partial charge in [0.2, 0.25) is 0 Å². The number of hydrogen-bond donors (Lipinski definition) is 1. The van der Waals surface area contributed by atoms with Crippen molar-refractivity contribution >= 4 is 6.29 Å². The van der Waals surface area contributed by atoms with Crippen LogP contribution in [-0.2, 0) is 4.79 Å². The smallest absolute Gasteiger partial charge is 0.137 e. The molecule has 5 nitrogen and oxygen atoms in total. The van der Waals surface area contributed by atoms with Crippen LogP contribution in [0, 0.1) is 0 Å². The lowest BCUT2D eigenvalue weighted by molar-refractivity contribution is -0.113. The highest BCUT2D eigenvalue weighted by atomic mass is 16.1. The summed E-state index contributed by atoms with van der Waals surface area (Å²) in [5.41, 5.74) is 0. The molecule has 0 spiro atoms. The molecule has 0 radical (unpaired) electrons. The van der Waals surface area contributed by atoms with Gasteiger partial charge >= 0.3 is 0 Å². The van der Waals surface area contributed by atoms with Crippen molar-refractivity contribution in [2.75, 3.05) is 27.2 Å². The minimum Gasteiger partial charge on any atom is -0.347 e. The van der Waals surface area contributed by atoms with Crippen molar-refractivity contribution in [3.05, 3.63) is 18.2 Å². The Morgan fingerprint density at radius 3 is 3.11 bits per heavy atom. The first-order valence-corrected chi connectivity index (χ1v) is 6.57. The van der Waals surface area contributed by atoms with E-state index in [2.05, 4.69) is 19.8 Å². The molecule has 0 aliphatic carbocycles. The predicted molar refractivity (Wildman–Crippen MR) is 70.3 cm³/mol. The largest absolute Gasteiger partial charge is 0.347 e. The summed E-state index contributed by atoms with van der Waals surface area (Å²) in [6, 6.07) is 0.280. The Balaban J connectivity index is 2.02. The highest BCUT2D eigenvalue weighted by molar-refractivity contribution is 5.57. The van der Waals surface area contributed by atoms with Gasteiger partial charge in [0.25, 0.3) is 0 Å². The molecule has 1 saturated heterocycles. The van der Waals surface area contributed by atoms with Gasteiger partial charge < -0.3 is 14.7 Å². The fourth-order valence-corrected chi connectivity index (χ4v) is 2.64. The van der Waals surface area contributed by atoms with E-state index in [1.165, 1.54) is 0 Å². The van der Waals surface area contributed by atoms with Crippen LogP contribution in [0.4, 0.5) is 0 Å². The number of likely N-dealkylation sites (tertiary alicyclic amines) is 1. The van der Waals surface area contributed by atoms with Gasteiger partial charge in [0, 0.05) is 12.4 Å². The van der Waals surface area contributed by atoms with Crippen molar-refractivity contribution in [2.24, 2.45) is 0 Å². The van der Waals surface area contributed by atoms with E-state index in [9.17, 15) is 4.79 Å². The van der Waals surface area contributed by atoms with Gasteiger partial charge in [-0.15, -0.1) is 0 Å². The summed E-state index contributed by atoms with van der Waals surface area (Å²) in [6.07, 6.45) is 7.82. The molecule has 1 aromatic heterocycles. The maximum atomic E-state index is 11.3. The first-order chi connectivity index (χ1) is 8.72. The molecule has 1 aliphatic rings. The second-order valence-corrected chi connectivity index (χ2v) is 5.17. The molecule has 0 bridgehead atoms. The van der Waals surface area contributed by atoms with Gasteiger partial charge in [0.1, 0.15) is 12.1 Å². The Kier molecular flexibility index (Phi) is 4.49. The molecule has 1 aliphatic heterocycles. The van der Waals surface area contributed by atoms with Gasteiger partial charge in [-0.3, -0.25) is 4.90 Å². The standard InChI is InChI=1S/C13H22N4O/c1-16(2)9-5-11(10-18)17-8-3-4-12(17)13-14-6-7-15-13/h6-7,10-12H,3-5,8-9H2,1-2H3,(H,14,15)/t11-,12?/m0/s1. The van der Waals surface area contributed by atoms with Gasteiger partial charge in [0.15, 0.2) is 0 Å². The number of nitrogens with one attached hydrogen (secondary N) is 1. The van der Waals surface area contributed by atoms with Gasteiger partial charge in [-0.05, 0) is 46.4 Å². The molecule has 1 N–H and O–H groups in total. The Labute approximate surface area is 108 Å². The molecule has 1 fully saturated rings. The molecular weight excluding hydrogens is 228 g/mol. The van der Waals surface area contributed by atoms with Crippen LogP contribution in [-0.4, -0.2) is 59.3 Å². The summed E-state index contributed by atoms with van der Waals surface area (Å²) < 4.78 is 0. The van der Waals surface area contributed by atoms with Gasteiger partial charge in [-0.2, -0.15) is 0 Å².